The molecule has 0 aromatic heterocycles. The predicted octanol–water partition coefficient (Wildman–Crippen LogP) is 5.19. The standard InChI is InChI=1S/C14H14F6O2Si/c1-23(2,3)22-12(14(18,19)20)8-11(21)9-4-6-10(7-5-9)13(15,16)17/h4-8H,1-3H3/b12-8+. The van der Waals surface area contributed by atoms with E-state index >= 15 is 0 Å². The molecule has 1 aromatic rings. The van der Waals surface area contributed by atoms with Crippen molar-refractivity contribution in [3.8, 4) is 0 Å². The van der Waals surface area contributed by atoms with Gasteiger partial charge >= 0.3 is 12.4 Å². The van der Waals surface area contributed by atoms with Crippen molar-refractivity contribution in [2.45, 2.75) is 32.0 Å². The maximum atomic E-state index is 12.9. The van der Waals surface area contributed by atoms with Gasteiger partial charge in [-0.2, -0.15) is 26.3 Å². The second-order valence-electron chi connectivity index (χ2n) is 5.66. The average molecular weight is 356 g/mol. The van der Waals surface area contributed by atoms with Gasteiger partial charge in [-0.1, -0.05) is 12.1 Å². The number of hydrogen-bond donors (Lipinski definition) is 0. The third kappa shape index (κ3) is 6.09. The molecule has 0 aliphatic heterocycles. The maximum absolute atomic E-state index is 12.9. The van der Waals surface area contributed by atoms with Crippen LogP contribution in [0.3, 0.4) is 0 Å². The largest absolute Gasteiger partial charge is 0.541 e. The van der Waals surface area contributed by atoms with Crippen LogP contribution in [-0.2, 0) is 10.6 Å². The number of alkyl halides is 6. The Morgan fingerprint density at radius 1 is 1.00 bits per heavy atom. The second kappa shape index (κ2) is 6.38. The first-order chi connectivity index (χ1) is 10.2. The molecule has 0 atom stereocenters. The summed E-state index contributed by atoms with van der Waals surface area (Å²) in [7, 11) is -2.62. The summed E-state index contributed by atoms with van der Waals surface area (Å²) in [6.07, 6.45) is -9.18. The van der Waals surface area contributed by atoms with Gasteiger partial charge in [0, 0.05) is 11.6 Å². The van der Waals surface area contributed by atoms with Gasteiger partial charge in [0.05, 0.1) is 5.56 Å². The van der Waals surface area contributed by atoms with Gasteiger partial charge in [0.15, 0.2) is 11.5 Å². The molecule has 0 N–H and O–H groups in total. The molecule has 0 radical (unpaired) electrons. The zero-order valence-corrected chi connectivity index (χ0v) is 13.5. The monoisotopic (exact) mass is 356 g/mol. The minimum absolute atomic E-state index is 0.265. The van der Waals surface area contributed by atoms with E-state index in [1.54, 1.807) is 0 Å². The Morgan fingerprint density at radius 2 is 1.48 bits per heavy atom. The molecule has 0 aliphatic rings. The highest BCUT2D eigenvalue weighted by Gasteiger charge is 2.39. The van der Waals surface area contributed by atoms with E-state index in [0.717, 1.165) is 12.1 Å². The first kappa shape index (κ1) is 19.3. The molecular formula is C14H14F6O2Si. The SMILES string of the molecule is C[Si](C)(C)O/C(=C/C(=O)c1ccc(C(F)(F)F)cc1)C(F)(F)F. The van der Waals surface area contributed by atoms with Gasteiger partial charge in [0.2, 0.25) is 8.32 Å². The van der Waals surface area contributed by atoms with Crippen LogP contribution in [0.15, 0.2) is 36.1 Å². The van der Waals surface area contributed by atoms with Crippen molar-refractivity contribution in [1.29, 1.82) is 0 Å². The lowest BCUT2D eigenvalue weighted by Gasteiger charge is -2.23. The number of benzene rings is 1. The van der Waals surface area contributed by atoms with Crippen molar-refractivity contribution in [2.75, 3.05) is 0 Å². The molecule has 9 heteroatoms. The zero-order chi connectivity index (χ0) is 18.1. The summed E-state index contributed by atoms with van der Waals surface area (Å²) in [5.41, 5.74) is -1.29. The number of ketones is 1. The van der Waals surface area contributed by atoms with Crippen molar-refractivity contribution >= 4 is 14.1 Å². The minimum atomic E-state index is -4.86. The van der Waals surface area contributed by atoms with E-state index in [1.807, 2.05) is 0 Å². The molecule has 0 spiro atoms. The van der Waals surface area contributed by atoms with Gasteiger partial charge in [-0.15, -0.1) is 0 Å². The van der Waals surface area contributed by atoms with Crippen LogP contribution in [0.4, 0.5) is 26.3 Å². The van der Waals surface area contributed by atoms with E-state index in [2.05, 4.69) is 0 Å². The van der Waals surface area contributed by atoms with Crippen LogP contribution in [0.5, 0.6) is 0 Å². The molecule has 1 rings (SSSR count). The van der Waals surface area contributed by atoms with Gasteiger partial charge < -0.3 is 4.43 Å². The van der Waals surface area contributed by atoms with E-state index < -0.39 is 37.8 Å². The summed E-state index contributed by atoms with van der Waals surface area (Å²) >= 11 is 0. The molecule has 128 valence electrons. The fourth-order valence-corrected chi connectivity index (χ4v) is 2.36. The Balaban J connectivity index is 3.10. The van der Waals surface area contributed by atoms with Gasteiger partial charge in [-0.05, 0) is 31.8 Å². The minimum Gasteiger partial charge on any atom is -0.541 e. The quantitative estimate of drug-likeness (QED) is 0.244. The number of halogens is 6. The second-order valence-corrected chi connectivity index (χ2v) is 10.1. The summed E-state index contributed by atoms with van der Waals surface area (Å²) in [4.78, 5) is 11.8. The van der Waals surface area contributed by atoms with E-state index in [1.165, 1.54) is 19.6 Å². The fourth-order valence-electron chi connectivity index (χ4n) is 1.52. The lowest BCUT2D eigenvalue weighted by Crippen LogP contribution is -2.30. The van der Waals surface area contributed by atoms with E-state index in [-0.39, 0.29) is 11.6 Å². The van der Waals surface area contributed by atoms with Crippen LogP contribution in [0, 0.1) is 0 Å². The summed E-state index contributed by atoms with van der Waals surface area (Å²) < 4.78 is 80.7. The van der Waals surface area contributed by atoms with Gasteiger partial charge in [0.1, 0.15) is 0 Å². The number of rotatable bonds is 4. The Morgan fingerprint density at radius 3 is 1.83 bits per heavy atom. The number of hydrogen-bond acceptors (Lipinski definition) is 2. The Kier molecular flexibility index (Phi) is 5.35. The number of allylic oxidation sites excluding steroid dienone is 2. The molecular weight excluding hydrogens is 342 g/mol. The summed E-state index contributed by atoms with van der Waals surface area (Å²) in [5.74, 6) is -2.52. The molecule has 1 aromatic carbocycles. The van der Waals surface area contributed by atoms with E-state index in [9.17, 15) is 31.1 Å². The summed E-state index contributed by atoms with van der Waals surface area (Å²) in [6, 6.07) is 2.91. The third-order valence-corrected chi connectivity index (χ3v) is 3.29. The van der Waals surface area contributed by atoms with Crippen LogP contribution >= 0.6 is 0 Å². The molecule has 0 bridgehead atoms. The molecule has 0 amide bonds. The molecule has 23 heavy (non-hydrogen) atoms. The molecule has 2 nitrogen and oxygen atoms in total. The smallest absolute Gasteiger partial charge is 0.447 e. The van der Waals surface area contributed by atoms with Gasteiger partial charge in [-0.25, -0.2) is 0 Å². The molecule has 0 heterocycles. The highest BCUT2D eigenvalue weighted by atomic mass is 28.4. The maximum Gasteiger partial charge on any atom is 0.447 e. The Labute approximate surface area is 129 Å². The lowest BCUT2D eigenvalue weighted by atomic mass is 10.1. The highest BCUT2D eigenvalue weighted by Crippen LogP contribution is 2.31. The number of carbonyl (C=O) groups is 1. The van der Waals surface area contributed by atoms with Crippen LogP contribution in [0.1, 0.15) is 15.9 Å². The number of carbonyl (C=O) groups excluding carboxylic acids is 1. The van der Waals surface area contributed by atoms with E-state index in [0.29, 0.717) is 12.1 Å². The van der Waals surface area contributed by atoms with Crippen molar-refractivity contribution in [3.05, 3.63) is 47.2 Å². The summed E-state index contributed by atoms with van der Waals surface area (Å²) in [5, 5.41) is 0. The molecule has 0 saturated heterocycles. The normalized spacial score (nSPS) is 13.9. The van der Waals surface area contributed by atoms with Gasteiger partial charge in [-0.3, -0.25) is 4.79 Å². The Bertz CT molecular complexity index is 594. The van der Waals surface area contributed by atoms with Crippen molar-refractivity contribution < 1.29 is 35.6 Å². The zero-order valence-electron chi connectivity index (χ0n) is 12.5. The van der Waals surface area contributed by atoms with Crippen LogP contribution in [0.25, 0.3) is 0 Å². The van der Waals surface area contributed by atoms with Crippen molar-refractivity contribution in [2.24, 2.45) is 0 Å². The molecule has 0 saturated carbocycles. The van der Waals surface area contributed by atoms with E-state index in [4.69, 9.17) is 4.43 Å². The van der Waals surface area contributed by atoms with Crippen molar-refractivity contribution in [1.82, 2.24) is 0 Å². The molecule has 0 fully saturated rings. The van der Waals surface area contributed by atoms with Crippen molar-refractivity contribution in [3.63, 3.8) is 0 Å². The third-order valence-electron chi connectivity index (χ3n) is 2.45. The fraction of sp³-hybridized carbons (Fsp3) is 0.357. The lowest BCUT2D eigenvalue weighted by molar-refractivity contribution is -0.137. The van der Waals surface area contributed by atoms with Crippen LogP contribution in [0.2, 0.25) is 19.6 Å². The topological polar surface area (TPSA) is 26.3 Å². The molecule has 0 aliphatic carbocycles. The molecule has 0 unspecified atom stereocenters. The first-order valence-electron chi connectivity index (χ1n) is 6.39. The highest BCUT2D eigenvalue weighted by molar-refractivity contribution is 6.70. The van der Waals surface area contributed by atoms with Gasteiger partial charge in [0.25, 0.3) is 0 Å². The van der Waals surface area contributed by atoms with Crippen LogP contribution < -0.4 is 0 Å². The summed E-state index contributed by atoms with van der Waals surface area (Å²) in [6.45, 7) is 4.53. The van der Waals surface area contributed by atoms with Crippen LogP contribution in [-0.4, -0.2) is 20.3 Å². The predicted molar refractivity (Wildman–Crippen MR) is 74.3 cm³/mol. The average Bonchev–Trinajstić information content (AvgIpc) is 2.34. The first-order valence-corrected chi connectivity index (χ1v) is 9.80. The Hall–Kier alpha value is -1.77.